The van der Waals surface area contributed by atoms with Gasteiger partial charge in [-0.25, -0.2) is 4.79 Å². The normalized spacial score (nSPS) is 10.6. The van der Waals surface area contributed by atoms with Gasteiger partial charge in [-0.3, -0.25) is 14.4 Å². The molecule has 0 saturated heterocycles. The summed E-state index contributed by atoms with van der Waals surface area (Å²) in [6.45, 7) is 6.67. The molecule has 0 aromatic carbocycles. The summed E-state index contributed by atoms with van der Waals surface area (Å²) >= 11 is 0. The molecule has 0 saturated carbocycles. The summed E-state index contributed by atoms with van der Waals surface area (Å²) in [6.07, 6.45) is -1.11. The molecule has 0 amide bonds. The maximum Gasteiger partial charge on any atom is 0.335 e. The first-order valence-corrected chi connectivity index (χ1v) is 6.31. The predicted molar refractivity (Wildman–Crippen MR) is 73.5 cm³/mol. The standard InChI is InChI=1S/C14H20O8/c1-8(2)22-10(15)9(3)7-14(11(16)19-4,12(17)20-5)13(18)21-6/h8H,3,7H2,1-2,4-6H3. The van der Waals surface area contributed by atoms with Crippen LogP contribution in [0.3, 0.4) is 0 Å². The van der Waals surface area contributed by atoms with Crippen molar-refractivity contribution in [1.82, 2.24) is 0 Å². The molecule has 124 valence electrons. The van der Waals surface area contributed by atoms with Crippen LogP contribution in [0.2, 0.25) is 0 Å². The Morgan fingerprint density at radius 2 is 1.27 bits per heavy atom. The second-order valence-corrected chi connectivity index (χ2v) is 4.61. The lowest BCUT2D eigenvalue weighted by Gasteiger charge is -2.25. The zero-order chi connectivity index (χ0) is 17.5. The Kier molecular flexibility index (Phi) is 7.28. The summed E-state index contributed by atoms with van der Waals surface area (Å²) in [5.41, 5.74) is -2.74. The lowest BCUT2D eigenvalue weighted by atomic mass is 9.81. The number of hydrogen-bond donors (Lipinski definition) is 0. The fourth-order valence-corrected chi connectivity index (χ4v) is 1.68. The lowest BCUT2D eigenvalue weighted by molar-refractivity contribution is -0.180. The molecule has 0 unspecified atom stereocenters. The van der Waals surface area contributed by atoms with Gasteiger partial charge in [-0.05, 0) is 13.8 Å². The van der Waals surface area contributed by atoms with Gasteiger partial charge in [0.15, 0.2) is 0 Å². The lowest BCUT2D eigenvalue weighted by Crippen LogP contribution is -2.49. The summed E-state index contributed by atoms with van der Waals surface area (Å²) in [5.74, 6) is -4.50. The zero-order valence-electron chi connectivity index (χ0n) is 13.3. The van der Waals surface area contributed by atoms with Crippen molar-refractivity contribution in [3.05, 3.63) is 12.2 Å². The minimum atomic E-state index is -2.47. The SMILES string of the molecule is C=C(CC(C(=O)OC)(C(=O)OC)C(=O)OC)C(=O)OC(C)C. The Morgan fingerprint density at radius 1 is 0.909 bits per heavy atom. The number of rotatable bonds is 7. The van der Waals surface area contributed by atoms with Gasteiger partial charge in [0.25, 0.3) is 5.41 Å². The van der Waals surface area contributed by atoms with Crippen LogP contribution in [-0.4, -0.2) is 51.3 Å². The van der Waals surface area contributed by atoms with E-state index in [2.05, 4.69) is 20.8 Å². The van der Waals surface area contributed by atoms with E-state index in [4.69, 9.17) is 4.74 Å². The van der Waals surface area contributed by atoms with E-state index in [-0.39, 0.29) is 5.57 Å². The maximum atomic E-state index is 12.0. The molecular formula is C14H20O8. The molecule has 0 heterocycles. The zero-order valence-corrected chi connectivity index (χ0v) is 13.3. The van der Waals surface area contributed by atoms with Crippen LogP contribution in [0.4, 0.5) is 0 Å². The molecule has 0 aliphatic heterocycles. The average molecular weight is 316 g/mol. The van der Waals surface area contributed by atoms with Crippen molar-refractivity contribution in [2.45, 2.75) is 26.4 Å². The van der Waals surface area contributed by atoms with Crippen LogP contribution in [0.1, 0.15) is 20.3 Å². The summed E-state index contributed by atoms with van der Waals surface area (Å²) in [6, 6.07) is 0. The average Bonchev–Trinajstić information content (AvgIpc) is 2.49. The van der Waals surface area contributed by atoms with Gasteiger partial charge >= 0.3 is 23.9 Å². The van der Waals surface area contributed by atoms with E-state index >= 15 is 0 Å². The molecule has 0 N–H and O–H groups in total. The van der Waals surface area contributed by atoms with Crippen molar-refractivity contribution in [3.8, 4) is 0 Å². The van der Waals surface area contributed by atoms with Crippen molar-refractivity contribution in [1.29, 1.82) is 0 Å². The monoisotopic (exact) mass is 316 g/mol. The molecule has 0 atom stereocenters. The molecule has 0 aliphatic rings. The molecule has 0 rings (SSSR count). The van der Waals surface area contributed by atoms with E-state index < -0.39 is 41.8 Å². The van der Waals surface area contributed by atoms with E-state index in [1.54, 1.807) is 13.8 Å². The number of carbonyl (C=O) groups excluding carboxylic acids is 4. The molecule has 22 heavy (non-hydrogen) atoms. The van der Waals surface area contributed by atoms with E-state index in [0.29, 0.717) is 0 Å². The molecule has 0 aromatic rings. The Morgan fingerprint density at radius 3 is 1.55 bits per heavy atom. The van der Waals surface area contributed by atoms with Crippen LogP contribution in [0, 0.1) is 5.41 Å². The van der Waals surface area contributed by atoms with Crippen LogP contribution in [0.5, 0.6) is 0 Å². The molecule has 0 radical (unpaired) electrons. The second-order valence-electron chi connectivity index (χ2n) is 4.61. The minimum Gasteiger partial charge on any atom is -0.468 e. The quantitative estimate of drug-likeness (QED) is 0.287. The highest BCUT2D eigenvalue weighted by atomic mass is 16.6. The van der Waals surface area contributed by atoms with Gasteiger partial charge in [0, 0.05) is 12.0 Å². The smallest absolute Gasteiger partial charge is 0.335 e. The van der Waals surface area contributed by atoms with Crippen molar-refractivity contribution in [3.63, 3.8) is 0 Å². The molecule has 0 bridgehead atoms. The van der Waals surface area contributed by atoms with E-state index in [1.165, 1.54) is 0 Å². The molecule has 8 nitrogen and oxygen atoms in total. The molecule has 0 aliphatic carbocycles. The fourth-order valence-electron chi connectivity index (χ4n) is 1.68. The molecule has 0 fully saturated rings. The van der Waals surface area contributed by atoms with Crippen molar-refractivity contribution < 1.29 is 38.1 Å². The Hall–Kier alpha value is -2.38. The number of esters is 4. The summed E-state index contributed by atoms with van der Waals surface area (Å²) < 4.78 is 18.4. The van der Waals surface area contributed by atoms with Crippen LogP contribution in [-0.2, 0) is 38.1 Å². The number of carbonyl (C=O) groups is 4. The largest absolute Gasteiger partial charge is 0.468 e. The van der Waals surface area contributed by atoms with Gasteiger partial charge in [-0.15, -0.1) is 0 Å². The predicted octanol–water partition coefficient (Wildman–Crippen LogP) is 0.390. The van der Waals surface area contributed by atoms with Gasteiger partial charge < -0.3 is 18.9 Å². The molecule has 0 spiro atoms. The highest BCUT2D eigenvalue weighted by Gasteiger charge is 2.57. The highest BCUT2D eigenvalue weighted by molar-refractivity contribution is 6.18. The number of hydrogen-bond acceptors (Lipinski definition) is 8. The summed E-state index contributed by atoms with van der Waals surface area (Å²) in [4.78, 5) is 47.8. The van der Waals surface area contributed by atoms with Gasteiger partial charge in [-0.1, -0.05) is 6.58 Å². The highest BCUT2D eigenvalue weighted by Crippen LogP contribution is 2.31. The molecule has 0 aromatic heterocycles. The maximum absolute atomic E-state index is 12.0. The van der Waals surface area contributed by atoms with Crippen LogP contribution < -0.4 is 0 Å². The third kappa shape index (κ3) is 4.06. The number of methoxy groups -OCH3 is 3. The van der Waals surface area contributed by atoms with Gasteiger partial charge in [-0.2, -0.15) is 0 Å². The fraction of sp³-hybridized carbons (Fsp3) is 0.571. The van der Waals surface area contributed by atoms with Crippen LogP contribution in [0.15, 0.2) is 12.2 Å². The first kappa shape index (κ1) is 19.6. The Bertz CT molecular complexity index is 436. The molecule has 8 heteroatoms. The van der Waals surface area contributed by atoms with E-state index in [9.17, 15) is 19.2 Å². The van der Waals surface area contributed by atoms with Crippen molar-refractivity contribution >= 4 is 23.9 Å². The summed E-state index contributed by atoms with van der Waals surface area (Å²) in [7, 11) is 2.95. The van der Waals surface area contributed by atoms with E-state index in [1.807, 2.05) is 0 Å². The Labute approximate surface area is 128 Å². The van der Waals surface area contributed by atoms with Gasteiger partial charge in [0.1, 0.15) is 0 Å². The van der Waals surface area contributed by atoms with E-state index in [0.717, 1.165) is 21.3 Å². The third-order valence-corrected chi connectivity index (χ3v) is 2.71. The minimum absolute atomic E-state index is 0.269. The van der Waals surface area contributed by atoms with Crippen molar-refractivity contribution in [2.75, 3.05) is 21.3 Å². The van der Waals surface area contributed by atoms with Gasteiger partial charge in [0.05, 0.1) is 27.4 Å². The third-order valence-electron chi connectivity index (χ3n) is 2.71. The number of ether oxygens (including phenoxy) is 4. The Balaban J connectivity index is 5.72. The van der Waals surface area contributed by atoms with Gasteiger partial charge in [0.2, 0.25) is 0 Å². The van der Waals surface area contributed by atoms with Crippen LogP contribution in [0.25, 0.3) is 0 Å². The molecular weight excluding hydrogens is 296 g/mol. The first-order chi connectivity index (χ1) is 10.2. The van der Waals surface area contributed by atoms with Crippen molar-refractivity contribution in [2.24, 2.45) is 5.41 Å². The summed E-state index contributed by atoms with van der Waals surface area (Å²) in [5, 5.41) is 0. The second kappa shape index (κ2) is 8.16. The topological polar surface area (TPSA) is 105 Å². The van der Waals surface area contributed by atoms with Crippen LogP contribution >= 0.6 is 0 Å². The first-order valence-electron chi connectivity index (χ1n) is 6.31.